The minimum absolute atomic E-state index is 0.0548. The zero-order valence-corrected chi connectivity index (χ0v) is 13.7. The fourth-order valence-corrected chi connectivity index (χ4v) is 3.59. The van der Waals surface area contributed by atoms with Gasteiger partial charge in [-0.15, -0.1) is 0 Å². The maximum absolute atomic E-state index is 12.8. The van der Waals surface area contributed by atoms with Crippen LogP contribution in [-0.4, -0.2) is 22.0 Å². The number of rotatable bonds is 6. The smallest absolute Gasteiger partial charge is 0.249 e. The van der Waals surface area contributed by atoms with Gasteiger partial charge in [0.05, 0.1) is 11.7 Å². The van der Waals surface area contributed by atoms with Crippen LogP contribution >= 0.6 is 0 Å². The molecule has 4 nitrogen and oxygen atoms in total. The fourth-order valence-electron chi connectivity index (χ4n) is 3.59. The van der Waals surface area contributed by atoms with E-state index in [0.717, 1.165) is 31.4 Å². The van der Waals surface area contributed by atoms with Crippen molar-refractivity contribution in [1.82, 2.24) is 10.0 Å². The number of carbonyl (C=O) groups is 1. The summed E-state index contributed by atoms with van der Waals surface area (Å²) in [6.07, 6.45) is 12.0. The third kappa shape index (κ3) is 3.57. The zero-order chi connectivity index (χ0) is 15.6. The van der Waals surface area contributed by atoms with E-state index in [4.69, 9.17) is 4.84 Å². The monoisotopic (exact) mass is 314 g/mol. The van der Waals surface area contributed by atoms with E-state index in [0.29, 0.717) is 5.92 Å². The van der Waals surface area contributed by atoms with Gasteiger partial charge in [-0.25, -0.2) is 5.06 Å². The third-order valence-electron chi connectivity index (χ3n) is 5.31. The molecule has 1 heterocycles. The molecule has 4 rings (SSSR count). The van der Waals surface area contributed by atoms with Crippen molar-refractivity contribution in [3.63, 3.8) is 0 Å². The molecule has 3 fully saturated rings. The second-order valence-corrected chi connectivity index (χ2v) is 7.35. The summed E-state index contributed by atoms with van der Waals surface area (Å²) < 4.78 is 0. The standard InChI is InChI=1S/C19H26N2O2/c22-19(15-11-12-15)21(16-6-2-1-3-7-16)23-18(14-9-10-14)17-8-4-5-13-20-17/h4-5,8,13-16,18H,1-3,6-7,9-12H2. The average molecular weight is 314 g/mol. The molecule has 1 aromatic rings. The summed E-state index contributed by atoms with van der Waals surface area (Å²) in [5.41, 5.74) is 0.972. The van der Waals surface area contributed by atoms with Crippen LogP contribution in [0.15, 0.2) is 24.4 Å². The highest BCUT2D eigenvalue weighted by molar-refractivity contribution is 5.80. The molecule has 1 unspecified atom stereocenters. The molecule has 3 aliphatic rings. The highest BCUT2D eigenvalue weighted by atomic mass is 16.7. The lowest BCUT2D eigenvalue weighted by Gasteiger charge is -2.36. The molecule has 0 bridgehead atoms. The lowest BCUT2D eigenvalue weighted by molar-refractivity contribution is -0.232. The summed E-state index contributed by atoms with van der Waals surface area (Å²) in [6.45, 7) is 0. The van der Waals surface area contributed by atoms with Gasteiger partial charge in [0.2, 0.25) is 5.91 Å². The Morgan fingerprint density at radius 3 is 2.48 bits per heavy atom. The summed E-state index contributed by atoms with van der Waals surface area (Å²) in [6, 6.07) is 6.24. The third-order valence-corrected chi connectivity index (χ3v) is 5.31. The van der Waals surface area contributed by atoms with Gasteiger partial charge >= 0.3 is 0 Å². The molecule has 0 radical (unpaired) electrons. The number of amides is 1. The van der Waals surface area contributed by atoms with Crippen LogP contribution in [0.2, 0.25) is 0 Å². The van der Waals surface area contributed by atoms with Crippen LogP contribution < -0.4 is 0 Å². The van der Waals surface area contributed by atoms with Crippen molar-refractivity contribution in [2.45, 2.75) is 69.9 Å². The van der Waals surface area contributed by atoms with E-state index in [2.05, 4.69) is 4.98 Å². The molecule has 1 aromatic heterocycles. The maximum Gasteiger partial charge on any atom is 0.249 e. The largest absolute Gasteiger partial charge is 0.272 e. The number of hydroxylamine groups is 2. The van der Waals surface area contributed by atoms with Gasteiger partial charge < -0.3 is 0 Å². The van der Waals surface area contributed by atoms with Gasteiger partial charge in [-0.1, -0.05) is 25.3 Å². The summed E-state index contributed by atoms with van der Waals surface area (Å²) in [5, 5.41) is 1.79. The molecule has 124 valence electrons. The first-order valence-corrected chi connectivity index (χ1v) is 9.23. The minimum Gasteiger partial charge on any atom is -0.272 e. The van der Waals surface area contributed by atoms with E-state index >= 15 is 0 Å². The Balaban J connectivity index is 1.53. The van der Waals surface area contributed by atoms with E-state index in [1.165, 1.54) is 32.1 Å². The molecule has 3 saturated carbocycles. The number of pyridine rings is 1. The topological polar surface area (TPSA) is 42.4 Å². The molecule has 0 spiro atoms. The Hall–Kier alpha value is -1.42. The Morgan fingerprint density at radius 1 is 1.09 bits per heavy atom. The van der Waals surface area contributed by atoms with Crippen molar-refractivity contribution >= 4 is 5.91 Å². The highest BCUT2D eigenvalue weighted by Gasteiger charge is 2.42. The molecule has 0 saturated heterocycles. The summed E-state index contributed by atoms with van der Waals surface area (Å²) in [4.78, 5) is 23.7. The van der Waals surface area contributed by atoms with Crippen molar-refractivity contribution in [2.75, 3.05) is 0 Å². The number of aromatic nitrogens is 1. The van der Waals surface area contributed by atoms with Crippen LogP contribution in [0.25, 0.3) is 0 Å². The van der Waals surface area contributed by atoms with Gasteiger partial charge in [-0.3, -0.25) is 14.6 Å². The molecule has 1 atom stereocenters. The van der Waals surface area contributed by atoms with Gasteiger partial charge in [-0.2, -0.15) is 0 Å². The van der Waals surface area contributed by atoms with Gasteiger partial charge in [0.1, 0.15) is 6.10 Å². The second kappa shape index (κ2) is 6.60. The minimum atomic E-state index is -0.0548. The first kappa shape index (κ1) is 15.1. The fraction of sp³-hybridized carbons (Fsp3) is 0.684. The first-order valence-electron chi connectivity index (χ1n) is 9.23. The Kier molecular flexibility index (Phi) is 4.34. The Labute approximate surface area is 138 Å². The molecule has 1 amide bonds. The normalized spacial score (nSPS) is 23.5. The predicted molar refractivity (Wildman–Crippen MR) is 87.2 cm³/mol. The molecular formula is C19H26N2O2. The van der Waals surface area contributed by atoms with Crippen LogP contribution in [0.3, 0.4) is 0 Å². The van der Waals surface area contributed by atoms with Crippen molar-refractivity contribution in [3.05, 3.63) is 30.1 Å². The molecule has 0 aromatic carbocycles. The highest BCUT2D eigenvalue weighted by Crippen LogP contribution is 2.44. The molecule has 3 aliphatic carbocycles. The molecule has 0 aliphatic heterocycles. The number of hydrogen-bond donors (Lipinski definition) is 0. The van der Waals surface area contributed by atoms with Crippen LogP contribution in [0.4, 0.5) is 0 Å². The van der Waals surface area contributed by atoms with Crippen molar-refractivity contribution in [3.8, 4) is 0 Å². The molecule has 23 heavy (non-hydrogen) atoms. The van der Waals surface area contributed by atoms with E-state index < -0.39 is 0 Å². The van der Waals surface area contributed by atoms with Crippen molar-refractivity contribution in [2.24, 2.45) is 11.8 Å². The summed E-state index contributed by atoms with van der Waals surface area (Å²) in [5.74, 6) is 0.946. The van der Waals surface area contributed by atoms with Gasteiger partial charge in [-0.05, 0) is 56.6 Å². The Bertz CT molecular complexity index is 534. The number of nitrogens with zero attached hydrogens (tertiary/aromatic N) is 2. The van der Waals surface area contributed by atoms with Crippen molar-refractivity contribution in [1.29, 1.82) is 0 Å². The first-order chi connectivity index (χ1) is 11.3. The average Bonchev–Trinajstić information content (AvgIpc) is 3.50. The Morgan fingerprint density at radius 2 is 1.87 bits per heavy atom. The summed E-state index contributed by atoms with van der Waals surface area (Å²) >= 11 is 0. The number of hydrogen-bond acceptors (Lipinski definition) is 3. The summed E-state index contributed by atoms with van der Waals surface area (Å²) in [7, 11) is 0. The predicted octanol–water partition coefficient (Wildman–Crippen LogP) is 4.04. The van der Waals surface area contributed by atoms with Gasteiger partial charge in [0, 0.05) is 12.1 Å². The molecule has 0 N–H and O–H groups in total. The number of carbonyl (C=O) groups excluding carboxylic acids is 1. The maximum atomic E-state index is 12.8. The lowest BCUT2D eigenvalue weighted by atomic mass is 9.95. The van der Waals surface area contributed by atoms with E-state index in [9.17, 15) is 4.79 Å². The molecular weight excluding hydrogens is 288 g/mol. The van der Waals surface area contributed by atoms with Gasteiger partial charge in [0.15, 0.2) is 0 Å². The van der Waals surface area contributed by atoms with Crippen LogP contribution in [0.5, 0.6) is 0 Å². The SMILES string of the molecule is O=C(C1CC1)N(OC(c1ccccn1)C1CC1)C1CCCCC1. The lowest BCUT2D eigenvalue weighted by Crippen LogP contribution is -2.43. The second-order valence-electron chi connectivity index (χ2n) is 7.35. The zero-order valence-electron chi connectivity index (χ0n) is 13.7. The van der Waals surface area contributed by atoms with Gasteiger partial charge in [0.25, 0.3) is 0 Å². The van der Waals surface area contributed by atoms with E-state index in [1.54, 1.807) is 5.06 Å². The van der Waals surface area contributed by atoms with Crippen LogP contribution in [0.1, 0.15) is 69.6 Å². The quantitative estimate of drug-likeness (QED) is 0.744. The van der Waals surface area contributed by atoms with Crippen LogP contribution in [-0.2, 0) is 9.63 Å². The van der Waals surface area contributed by atoms with E-state index in [-0.39, 0.29) is 24.0 Å². The van der Waals surface area contributed by atoms with Crippen LogP contribution in [0, 0.1) is 11.8 Å². The van der Waals surface area contributed by atoms with Crippen molar-refractivity contribution < 1.29 is 9.63 Å². The molecule has 4 heteroatoms. The van der Waals surface area contributed by atoms with E-state index in [1.807, 2.05) is 24.4 Å².